The number of carbonyl (C=O) groups excluding carboxylic acids is 2. The van der Waals surface area contributed by atoms with Crippen LogP contribution in [0.2, 0.25) is 0 Å². The molecule has 0 saturated heterocycles. The second kappa shape index (κ2) is 9.19. The summed E-state index contributed by atoms with van der Waals surface area (Å²) in [6.45, 7) is 6.20. The number of amides is 1. The fourth-order valence-electron chi connectivity index (χ4n) is 3.26. The van der Waals surface area contributed by atoms with E-state index in [1.165, 1.54) is 0 Å². The molecule has 0 fully saturated rings. The molecule has 3 rings (SSSR count). The van der Waals surface area contributed by atoms with Crippen molar-refractivity contribution in [1.82, 2.24) is 9.99 Å². The molecule has 1 heterocycles. The van der Waals surface area contributed by atoms with Crippen LogP contribution in [0.4, 0.5) is 0 Å². The van der Waals surface area contributed by atoms with Crippen LogP contribution in [-0.4, -0.2) is 29.3 Å². The molecule has 6 heteroatoms. The number of para-hydroxylation sites is 1. The van der Waals surface area contributed by atoms with Crippen molar-refractivity contribution in [2.75, 3.05) is 6.61 Å². The van der Waals surface area contributed by atoms with Crippen molar-refractivity contribution in [2.45, 2.75) is 33.7 Å². The summed E-state index contributed by atoms with van der Waals surface area (Å²) < 4.78 is 6.99. The summed E-state index contributed by atoms with van der Waals surface area (Å²) in [5.41, 5.74) is 7.34. The smallest absolute Gasteiger partial charge is 0.325 e. The highest BCUT2D eigenvalue weighted by Crippen LogP contribution is 2.24. The van der Waals surface area contributed by atoms with Gasteiger partial charge >= 0.3 is 5.97 Å². The summed E-state index contributed by atoms with van der Waals surface area (Å²) in [5.74, 6) is -0.468. The van der Waals surface area contributed by atoms with Crippen molar-refractivity contribution in [1.29, 1.82) is 0 Å². The van der Waals surface area contributed by atoms with Crippen LogP contribution >= 0.6 is 0 Å². The number of hydrazone groups is 1. The van der Waals surface area contributed by atoms with Gasteiger partial charge < -0.3 is 9.30 Å². The Morgan fingerprint density at radius 2 is 1.83 bits per heavy atom. The quantitative estimate of drug-likeness (QED) is 0.381. The monoisotopic (exact) mass is 391 g/mol. The number of aromatic nitrogens is 1. The van der Waals surface area contributed by atoms with Crippen LogP contribution in [0.25, 0.3) is 10.9 Å². The van der Waals surface area contributed by atoms with Crippen LogP contribution in [0.5, 0.6) is 0 Å². The zero-order valence-corrected chi connectivity index (χ0v) is 16.9. The Hall–Kier alpha value is -3.41. The summed E-state index contributed by atoms with van der Waals surface area (Å²) in [7, 11) is 0. The van der Waals surface area contributed by atoms with Crippen LogP contribution in [-0.2, 0) is 27.3 Å². The fourth-order valence-corrected chi connectivity index (χ4v) is 3.26. The number of aryl methyl sites for hydroxylation is 1. The standard InChI is InChI=1S/C23H25N3O3/c1-4-29-23(28)15-26-17(3)20(19-7-5-6-8-21(19)26)14-24-25-22(27)13-18-11-9-16(2)10-12-18/h5-12,14H,4,13,15H2,1-3H3,(H,25,27)/b24-14-. The van der Waals surface area contributed by atoms with E-state index in [0.29, 0.717) is 6.61 Å². The van der Waals surface area contributed by atoms with Crippen molar-refractivity contribution in [2.24, 2.45) is 5.10 Å². The van der Waals surface area contributed by atoms with Gasteiger partial charge in [-0.05, 0) is 32.4 Å². The van der Waals surface area contributed by atoms with Gasteiger partial charge in [0.15, 0.2) is 0 Å². The topological polar surface area (TPSA) is 72.7 Å². The Bertz CT molecular complexity index is 1050. The number of benzene rings is 2. The van der Waals surface area contributed by atoms with Gasteiger partial charge in [0.1, 0.15) is 6.54 Å². The normalized spacial score (nSPS) is 11.1. The first kappa shape index (κ1) is 20.3. The van der Waals surface area contributed by atoms with Gasteiger partial charge in [0, 0.05) is 22.2 Å². The average Bonchev–Trinajstić information content (AvgIpc) is 2.96. The largest absolute Gasteiger partial charge is 0.465 e. The van der Waals surface area contributed by atoms with Gasteiger partial charge in [0.25, 0.3) is 0 Å². The first-order valence-electron chi connectivity index (χ1n) is 9.60. The van der Waals surface area contributed by atoms with E-state index in [4.69, 9.17) is 4.74 Å². The maximum Gasteiger partial charge on any atom is 0.325 e. The molecule has 0 radical (unpaired) electrons. The van der Waals surface area contributed by atoms with Crippen molar-refractivity contribution < 1.29 is 14.3 Å². The van der Waals surface area contributed by atoms with Gasteiger partial charge in [0.05, 0.1) is 19.2 Å². The highest BCUT2D eigenvalue weighted by molar-refractivity contribution is 6.01. The Labute approximate surface area is 170 Å². The van der Waals surface area contributed by atoms with Gasteiger partial charge in [-0.2, -0.15) is 5.10 Å². The molecule has 0 bridgehead atoms. The van der Waals surface area contributed by atoms with E-state index in [2.05, 4.69) is 10.5 Å². The summed E-state index contributed by atoms with van der Waals surface area (Å²) in [5, 5.41) is 5.10. The van der Waals surface area contributed by atoms with Crippen molar-refractivity contribution in [3.63, 3.8) is 0 Å². The first-order chi connectivity index (χ1) is 14.0. The Kier molecular flexibility index (Phi) is 6.44. The van der Waals surface area contributed by atoms with Gasteiger partial charge in [-0.15, -0.1) is 0 Å². The lowest BCUT2D eigenvalue weighted by molar-refractivity contribution is -0.143. The van der Waals surface area contributed by atoms with Gasteiger partial charge in [0.2, 0.25) is 5.91 Å². The minimum absolute atomic E-state index is 0.133. The Morgan fingerprint density at radius 1 is 1.10 bits per heavy atom. The Morgan fingerprint density at radius 3 is 2.55 bits per heavy atom. The van der Waals surface area contributed by atoms with E-state index in [-0.39, 0.29) is 24.8 Å². The number of hydrogen-bond donors (Lipinski definition) is 1. The first-order valence-corrected chi connectivity index (χ1v) is 9.60. The molecule has 0 unspecified atom stereocenters. The van der Waals surface area contributed by atoms with Crippen LogP contribution in [0.15, 0.2) is 53.6 Å². The zero-order chi connectivity index (χ0) is 20.8. The minimum Gasteiger partial charge on any atom is -0.465 e. The summed E-state index contributed by atoms with van der Waals surface area (Å²) in [6, 6.07) is 15.6. The van der Waals surface area contributed by atoms with Crippen molar-refractivity contribution >= 4 is 29.0 Å². The second-order valence-corrected chi connectivity index (χ2v) is 6.86. The number of nitrogens with one attached hydrogen (secondary N) is 1. The molecule has 0 atom stereocenters. The number of hydrogen-bond acceptors (Lipinski definition) is 4. The molecule has 1 amide bonds. The molecule has 150 valence electrons. The maximum absolute atomic E-state index is 12.2. The molecular formula is C23H25N3O3. The van der Waals surface area contributed by atoms with Crippen molar-refractivity contribution in [3.8, 4) is 0 Å². The SMILES string of the molecule is CCOC(=O)Cn1c(C)c(/C=N\NC(=O)Cc2ccc(C)cc2)c2ccccc21. The van der Waals surface area contributed by atoms with Crippen LogP contribution in [0, 0.1) is 13.8 Å². The zero-order valence-electron chi connectivity index (χ0n) is 16.9. The number of rotatable bonds is 7. The molecule has 0 saturated carbocycles. The number of ether oxygens (including phenoxy) is 1. The van der Waals surface area contributed by atoms with Gasteiger partial charge in [-0.1, -0.05) is 48.0 Å². The molecule has 0 aliphatic heterocycles. The molecule has 0 aliphatic carbocycles. The third kappa shape index (κ3) is 4.90. The molecule has 29 heavy (non-hydrogen) atoms. The minimum atomic E-state index is -0.286. The predicted octanol–water partition coefficient (Wildman–Crippen LogP) is 3.51. The van der Waals surface area contributed by atoms with Crippen LogP contribution < -0.4 is 5.43 Å². The fraction of sp³-hybridized carbons (Fsp3) is 0.261. The van der Waals surface area contributed by atoms with Crippen molar-refractivity contribution in [3.05, 3.63) is 70.9 Å². The molecule has 1 N–H and O–H groups in total. The highest BCUT2D eigenvalue weighted by Gasteiger charge is 2.15. The summed E-state index contributed by atoms with van der Waals surface area (Å²) >= 11 is 0. The molecule has 1 aromatic heterocycles. The third-order valence-corrected chi connectivity index (χ3v) is 4.74. The van der Waals surface area contributed by atoms with E-state index < -0.39 is 0 Å². The molecule has 0 aliphatic rings. The third-order valence-electron chi connectivity index (χ3n) is 4.74. The highest BCUT2D eigenvalue weighted by atomic mass is 16.5. The number of carbonyl (C=O) groups is 2. The van der Waals surface area contributed by atoms with E-state index in [1.807, 2.05) is 66.9 Å². The lowest BCUT2D eigenvalue weighted by Gasteiger charge is -2.07. The number of esters is 1. The predicted molar refractivity (Wildman–Crippen MR) is 114 cm³/mol. The molecular weight excluding hydrogens is 366 g/mol. The second-order valence-electron chi connectivity index (χ2n) is 6.86. The van der Waals surface area contributed by atoms with E-state index in [9.17, 15) is 9.59 Å². The maximum atomic E-state index is 12.2. The molecule has 3 aromatic rings. The molecule has 6 nitrogen and oxygen atoms in total. The van der Waals surface area contributed by atoms with E-state index in [1.54, 1.807) is 13.1 Å². The van der Waals surface area contributed by atoms with Crippen LogP contribution in [0.1, 0.15) is 29.3 Å². The Balaban J connectivity index is 1.77. The summed E-state index contributed by atoms with van der Waals surface area (Å²) in [4.78, 5) is 24.1. The number of nitrogens with zero attached hydrogens (tertiary/aromatic N) is 2. The molecule has 0 spiro atoms. The van der Waals surface area contributed by atoms with Gasteiger partial charge in [-0.25, -0.2) is 5.43 Å². The molecule has 2 aromatic carbocycles. The van der Waals surface area contributed by atoms with Gasteiger partial charge in [-0.3, -0.25) is 9.59 Å². The van der Waals surface area contributed by atoms with E-state index >= 15 is 0 Å². The lowest BCUT2D eigenvalue weighted by atomic mass is 10.1. The lowest BCUT2D eigenvalue weighted by Crippen LogP contribution is -2.19. The summed E-state index contributed by atoms with van der Waals surface area (Å²) in [6.07, 6.45) is 1.90. The average molecular weight is 391 g/mol. The number of fused-ring (bicyclic) bond motifs is 1. The van der Waals surface area contributed by atoms with Crippen LogP contribution in [0.3, 0.4) is 0 Å². The van der Waals surface area contributed by atoms with E-state index in [0.717, 1.165) is 33.3 Å².